The van der Waals surface area contributed by atoms with E-state index in [1.54, 1.807) is 0 Å². The van der Waals surface area contributed by atoms with Gasteiger partial charge in [0.15, 0.2) is 0 Å². The largest absolute Gasteiger partial charge is 0.303 e. The van der Waals surface area contributed by atoms with Crippen molar-refractivity contribution in [3.63, 3.8) is 0 Å². The summed E-state index contributed by atoms with van der Waals surface area (Å²) in [7, 11) is 0. The van der Waals surface area contributed by atoms with E-state index in [0.717, 1.165) is 13.2 Å². The molecule has 10 heavy (non-hydrogen) atoms. The lowest BCUT2D eigenvalue weighted by Gasteiger charge is -2.18. The van der Waals surface area contributed by atoms with E-state index in [0.29, 0.717) is 6.04 Å². The quantitative estimate of drug-likeness (QED) is 0.571. The second-order valence-corrected chi connectivity index (χ2v) is 2.74. The lowest BCUT2D eigenvalue weighted by Crippen LogP contribution is -2.30. The van der Waals surface area contributed by atoms with Crippen LogP contribution in [0.25, 0.3) is 0 Å². The standard InChI is InChI=1S/C8H16N2/c1-3-4-8(2)10-6-5-9-7-10/h3-4,8-9H,5-7H2,1-2H3/b4-3-. The maximum absolute atomic E-state index is 3.30. The van der Waals surface area contributed by atoms with Crippen molar-refractivity contribution in [3.05, 3.63) is 12.2 Å². The van der Waals surface area contributed by atoms with Crippen LogP contribution in [0.1, 0.15) is 13.8 Å². The van der Waals surface area contributed by atoms with Gasteiger partial charge < -0.3 is 5.32 Å². The van der Waals surface area contributed by atoms with Crippen LogP contribution in [0, 0.1) is 0 Å². The average Bonchev–Trinajstić information content (AvgIpc) is 2.38. The predicted molar refractivity (Wildman–Crippen MR) is 43.9 cm³/mol. The fourth-order valence-corrected chi connectivity index (χ4v) is 1.27. The molecule has 1 aliphatic rings. The maximum Gasteiger partial charge on any atom is 0.0486 e. The molecule has 1 aliphatic heterocycles. The van der Waals surface area contributed by atoms with Gasteiger partial charge in [0, 0.05) is 25.8 Å². The Hall–Kier alpha value is -0.340. The summed E-state index contributed by atoms with van der Waals surface area (Å²) < 4.78 is 0. The molecular formula is C8H16N2. The van der Waals surface area contributed by atoms with E-state index in [-0.39, 0.29) is 0 Å². The first kappa shape index (κ1) is 7.76. The average molecular weight is 140 g/mol. The van der Waals surface area contributed by atoms with Crippen molar-refractivity contribution in [3.8, 4) is 0 Å². The van der Waals surface area contributed by atoms with E-state index in [4.69, 9.17) is 0 Å². The molecule has 0 spiro atoms. The van der Waals surface area contributed by atoms with Crippen LogP contribution in [0.4, 0.5) is 0 Å². The van der Waals surface area contributed by atoms with Crippen LogP contribution in [0.3, 0.4) is 0 Å². The molecule has 0 bridgehead atoms. The lowest BCUT2D eigenvalue weighted by atomic mass is 10.3. The van der Waals surface area contributed by atoms with Crippen LogP contribution in [0.5, 0.6) is 0 Å². The Morgan fingerprint density at radius 3 is 2.90 bits per heavy atom. The van der Waals surface area contributed by atoms with Crippen LogP contribution >= 0.6 is 0 Å². The molecule has 0 radical (unpaired) electrons. The van der Waals surface area contributed by atoms with Gasteiger partial charge in [0.1, 0.15) is 0 Å². The second kappa shape index (κ2) is 3.74. The number of hydrogen-bond acceptors (Lipinski definition) is 2. The predicted octanol–water partition coefficient (Wildman–Crippen LogP) is 0.814. The number of nitrogens with zero attached hydrogens (tertiary/aromatic N) is 1. The Bertz CT molecular complexity index is 114. The zero-order valence-corrected chi connectivity index (χ0v) is 6.80. The van der Waals surface area contributed by atoms with Crippen LogP contribution in [-0.4, -0.2) is 30.7 Å². The summed E-state index contributed by atoms with van der Waals surface area (Å²) in [6.45, 7) is 7.67. The summed E-state index contributed by atoms with van der Waals surface area (Å²) in [5.41, 5.74) is 0. The van der Waals surface area contributed by atoms with Crippen molar-refractivity contribution in [2.75, 3.05) is 19.8 Å². The summed E-state index contributed by atoms with van der Waals surface area (Å²) >= 11 is 0. The smallest absolute Gasteiger partial charge is 0.0486 e. The van der Waals surface area contributed by atoms with Crippen molar-refractivity contribution >= 4 is 0 Å². The van der Waals surface area contributed by atoms with Gasteiger partial charge in [-0.05, 0) is 13.8 Å². The molecule has 1 fully saturated rings. The van der Waals surface area contributed by atoms with Gasteiger partial charge in [-0.25, -0.2) is 0 Å². The van der Waals surface area contributed by atoms with Crippen LogP contribution in [0.2, 0.25) is 0 Å². The van der Waals surface area contributed by atoms with E-state index < -0.39 is 0 Å². The van der Waals surface area contributed by atoms with Crippen LogP contribution in [0.15, 0.2) is 12.2 Å². The molecule has 1 atom stereocenters. The van der Waals surface area contributed by atoms with Crippen molar-refractivity contribution in [2.45, 2.75) is 19.9 Å². The zero-order chi connectivity index (χ0) is 7.40. The molecule has 1 saturated heterocycles. The third-order valence-corrected chi connectivity index (χ3v) is 1.94. The fraction of sp³-hybridized carbons (Fsp3) is 0.750. The van der Waals surface area contributed by atoms with E-state index in [2.05, 4.69) is 36.2 Å². The molecular weight excluding hydrogens is 124 g/mol. The third kappa shape index (κ3) is 1.82. The summed E-state index contributed by atoms with van der Waals surface area (Å²) in [6, 6.07) is 0.597. The lowest BCUT2D eigenvalue weighted by molar-refractivity contribution is 0.296. The molecule has 1 heterocycles. The highest BCUT2D eigenvalue weighted by molar-refractivity contribution is 4.90. The van der Waals surface area contributed by atoms with E-state index in [1.165, 1.54) is 6.54 Å². The maximum atomic E-state index is 3.30. The Morgan fingerprint density at radius 2 is 2.40 bits per heavy atom. The SMILES string of the molecule is C/C=C\C(C)N1CCNC1. The topological polar surface area (TPSA) is 15.3 Å². The molecule has 0 aromatic carbocycles. The number of nitrogens with one attached hydrogen (secondary N) is 1. The van der Waals surface area contributed by atoms with Gasteiger partial charge in [0.25, 0.3) is 0 Å². The Balaban J connectivity index is 2.32. The zero-order valence-electron chi connectivity index (χ0n) is 6.80. The normalized spacial score (nSPS) is 24.2. The highest BCUT2D eigenvalue weighted by atomic mass is 15.3. The summed E-state index contributed by atoms with van der Waals surface area (Å²) in [5, 5.41) is 3.30. The highest BCUT2D eigenvalue weighted by Gasteiger charge is 2.14. The Labute approximate surface area is 62.9 Å². The summed E-state index contributed by atoms with van der Waals surface area (Å²) in [6.07, 6.45) is 4.34. The van der Waals surface area contributed by atoms with Gasteiger partial charge in [-0.1, -0.05) is 12.2 Å². The van der Waals surface area contributed by atoms with Gasteiger partial charge in [0.05, 0.1) is 0 Å². The fourth-order valence-electron chi connectivity index (χ4n) is 1.27. The van der Waals surface area contributed by atoms with Gasteiger partial charge in [-0.3, -0.25) is 4.90 Å². The van der Waals surface area contributed by atoms with E-state index >= 15 is 0 Å². The van der Waals surface area contributed by atoms with Gasteiger partial charge >= 0.3 is 0 Å². The van der Waals surface area contributed by atoms with Gasteiger partial charge in [-0.15, -0.1) is 0 Å². The molecule has 0 amide bonds. The van der Waals surface area contributed by atoms with Gasteiger partial charge in [-0.2, -0.15) is 0 Å². The molecule has 2 nitrogen and oxygen atoms in total. The molecule has 0 aromatic heterocycles. The molecule has 0 saturated carbocycles. The minimum atomic E-state index is 0.597. The first-order chi connectivity index (χ1) is 4.84. The monoisotopic (exact) mass is 140 g/mol. The molecule has 1 rings (SSSR count). The molecule has 1 unspecified atom stereocenters. The Morgan fingerprint density at radius 1 is 1.60 bits per heavy atom. The van der Waals surface area contributed by atoms with Gasteiger partial charge in [0.2, 0.25) is 0 Å². The van der Waals surface area contributed by atoms with E-state index in [1.807, 2.05) is 0 Å². The first-order valence-electron chi connectivity index (χ1n) is 3.92. The molecule has 2 heteroatoms. The molecule has 1 N–H and O–H groups in total. The minimum Gasteiger partial charge on any atom is -0.303 e. The van der Waals surface area contributed by atoms with E-state index in [9.17, 15) is 0 Å². The number of hydrogen-bond donors (Lipinski definition) is 1. The van der Waals surface area contributed by atoms with Crippen molar-refractivity contribution in [2.24, 2.45) is 0 Å². The highest BCUT2D eigenvalue weighted by Crippen LogP contribution is 2.01. The molecule has 0 aliphatic carbocycles. The first-order valence-corrected chi connectivity index (χ1v) is 3.92. The summed E-state index contributed by atoms with van der Waals surface area (Å²) in [4.78, 5) is 2.42. The van der Waals surface area contributed by atoms with Crippen molar-refractivity contribution in [1.29, 1.82) is 0 Å². The number of allylic oxidation sites excluding steroid dienone is 1. The number of rotatable bonds is 2. The second-order valence-electron chi connectivity index (χ2n) is 2.74. The van der Waals surface area contributed by atoms with Crippen LogP contribution < -0.4 is 5.32 Å². The third-order valence-electron chi connectivity index (χ3n) is 1.94. The molecule has 0 aromatic rings. The van der Waals surface area contributed by atoms with Crippen molar-refractivity contribution in [1.82, 2.24) is 10.2 Å². The molecule has 58 valence electrons. The van der Waals surface area contributed by atoms with Crippen LogP contribution in [-0.2, 0) is 0 Å². The Kier molecular flexibility index (Phi) is 2.90. The summed E-state index contributed by atoms with van der Waals surface area (Å²) in [5.74, 6) is 0. The van der Waals surface area contributed by atoms with Crippen molar-refractivity contribution < 1.29 is 0 Å². The minimum absolute atomic E-state index is 0.597.